The van der Waals surface area contributed by atoms with Gasteiger partial charge in [-0.25, -0.2) is 9.18 Å². The van der Waals surface area contributed by atoms with Gasteiger partial charge in [-0.1, -0.05) is 54.6 Å². The SMILES string of the molecule is O=C(N[C@H]1c2ccc(F)cc2C[C@H]1C(=O)O)OCC1c2ccccc2-c2ccccc21. The third-order valence-corrected chi connectivity index (χ3v) is 6.22. The molecule has 0 fully saturated rings. The van der Waals surface area contributed by atoms with Crippen molar-refractivity contribution in [3.05, 3.63) is 94.8 Å². The lowest BCUT2D eigenvalue weighted by atomic mass is 9.98. The van der Waals surface area contributed by atoms with Gasteiger partial charge in [-0.05, 0) is 51.9 Å². The Morgan fingerprint density at radius 1 is 0.968 bits per heavy atom. The number of carbonyl (C=O) groups excluding carboxylic acids is 1. The fraction of sp³-hybridized carbons (Fsp3) is 0.200. The van der Waals surface area contributed by atoms with Gasteiger partial charge in [-0.2, -0.15) is 0 Å². The molecule has 0 saturated carbocycles. The van der Waals surface area contributed by atoms with Gasteiger partial charge in [0.2, 0.25) is 0 Å². The van der Waals surface area contributed by atoms with Crippen LogP contribution in [0.15, 0.2) is 66.7 Å². The third kappa shape index (κ3) is 3.34. The van der Waals surface area contributed by atoms with Gasteiger partial charge in [0, 0.05) is 5.92 Å². The van der Waals surface area contributed by atoms with Crippen molar-refractivity contribution < 1.29 is 23.8 Å². The van der Waals surface area contributed by atoms with Gasteiger partial charge in [-0.15, -0.1) is 0 Å². The van der Waals surface area contributed by atoms with E-state index in [1.165, 1.54) is 18.2 Å². The minimum atomic E-state index is -1.04. The first-order valence-corrected chi connectivity index (χ1v) is 10.2. The van der Waals surface area contributed by atoms with Gasteiger partial charge < -0.3 is 15.2 Å². The highest BCUT2D eigenvalue weighted by molar-refractivity contribution is 5.79. The maximum Gasteiger partial charge on any atom is 0.407 e. The first kappa shape index (κ1) is 19.3. The van der Waals surface area contributed by atoms with Crippen LogP contribution in [0.2, 0.25) is 0 Å². The molecule has 0 saturated heterocycles. The zero-order chi connectivity index (χ0) is 21.5. The molecule has 3 aromatic carbocycles. The molecule has 156 valence electrons. The highest BCUT2D eigenvalue weighted by Crippen LogP contribution is 2.44. The van der Waals surface area contributed by atoms with E-state index in [9.17, 15) is 19.1 Å². The van der Waals surface area contributed by atoms with Gasteiger partial charge in [-0.3, -0.25) is 4.79 Å². The molecular weight excluding hydrogens is 397 g/mol. The maximum atomic E-state index is 13.6. The molecule has 0 aliphatic heterocycles. The van der Waals surface area contributed by atoms with Crippen molar-refractivity contribution in [2.45, 2.75) is 18.4 Å². The Labute approximate surface area is 178 Å². The molecule has 2 atom stereocenters. The van der Waals surface area contributed by atoms with Crippen molar-refractivity contribution in [2.24, 2.45) is 5.92 Å². The maximum absolute atomic E-state index is 13.6. The van der Waals surface area contributed by atoms with Crippen molar-refractivity contribution in [3.63, 3.8) is 0 Å². The average molecular weight is 417 g/mol. The van der Waals surface area contributed by atoms with Crippen LogP contribution in [0.25, 0.3) is 11.1 Å². The number of rotatable bonds is 4. The first-order valence-electron chi connectivity index (χ1n) is 10.2. The van der Waals surface area contributed by atoms with E-state index < -0.39 is 29.8 Å². The second-order valence-corrected chi connectivity index (χ2v) is 7.94. The normalized spacial score (nSPS) is 18.7. The number of aliphatic carboxylic acids is 1. The number of halogens is 1. The summed E-state index contributed by atoms with van der Waals surface area (Å²) in [6, 6.07) is 19.4. The number of hydrogen-bond acceptors (Lipinski definition) is 3. The van der Waals surface area contributed by atoms with Crippen LogP contribution in [-0.2, 0) is 16.0 Å². The summed E-state index contributed by atoms with van der Waals surface area (Å²) in [7, 11) is 0. The monoisotopic (exact) mass is 417 g/mol. The molecule has 5 rings (SSSR count). The zero-order valence-electron chi connectivity index (χ0n) is 16.5. The van der Waals surface area contributed by atoms with Crippen LogP contribution < -0.4 is 5.32 Å². The van der Waals surface area contributed by atoms with Gasteiger partial charge >= 0.3 is 12.1 Å². The summed E-state index contributed by atoms with van der Waals surface area (Å²) in [5.41, 5.74) is 5.66. The Balaban J connectivity index is 1.33. The van der Waals surface area contributed by atoms with Crippen molar-refractivity contribution >= 4 is 12.1 Å². The molecule has 0 heterocycles. The molecule has 3 aromatic rings. The van der Waals surface area contributed by atoms with Crippen LogP contribution in [0.3, 0.4) is 0 Å². The molecule has 2 aliphatic carbocycles. The summed E-state index contributed by atoms with van der Waals surface area (Å²) >= 11 is 0. The van der Waals surface area contributed by atoms with E-state index >= 15 is 0 Å². The van der Waals surface area contributed by atoms with E-state index in [1.54, 1.807) is 0 Å². The summed E-state index contributed by atoms with van der Waals surface area (Å²) in [6.45, 7) is 0.139. The van der Waals surface area contributed by atoms with Crippen molar-refractivity contribution in [1.29, 1.82) is 0 Å². The standard InChI is InChI=1S/C25H20FNO4/c26-15-9-10-16-14(11-15)12-21(24(28)29)23(16)27-25(30)31-13-22-19-7-3-1-5-17(19)18-6-2-4-8-20(18)22/h1-11,21-23H,12-13H2,(H,27,30)(H,28,29)/t21-,23+/m1/s1. The smallest absolute Gasteiger partial charge is 0.407 e. The zero-order valence-corrected chi connectivity index (χ0v) is 16.5. The molecule has 6 heteroatoms. The van der Waals surface area contributed by atoms with Crippen LogP contribution in [0.5, 0.6) is 0 Å². The Kier molecular flexibility index (Phi) is 4.70. The lowest BCUT2D eigenvalue weighted by Gasteiger charge is -2.20. The van der Waals surface area contributed by atoms with E-state index in [2.05, 4.69) is 17.4 Å². The minimum Gasteiger partial charge on any atom is -0.481 e. The van der Waals surface area contributed by atoms with Crippen LogP contribution >= 0.6 is 0 Å². The summed E-state index contributed by atoms with van der Waals surface area (Å²) in [6.07, 6.45) is -0.521. The summed E-state index contributed by atoms with van der Waals surface area (Å²) < 4.78 is 19.1. The van der Waals surface area contributed by atoms with Crippen molar-refractivity contribution in [2.75, 3.05) is 6.61 Å². The first-order chi connectivity index (χ1) is 15.0. The summed E-state index contributed by atoms with van der Waals surface area (Å²) in [5, 5.41) is 12.3. The van der Waals surface area contributed by atoms with Crippen LogP contribution in [0.4, 0.5) is 9.18 Å². The molecular formula is C25H20FNO4. The number of carboxylic acid groups (broad SMARTS) is 1. The molecule has 5 nitrogen and oxygen atoms in total. The van der Waals surface area contributed by atoms with Crippen LogP contribution in [0, 0.1) is 11.7 Å². The Hall–Kier alpha value is -3.67. The molecule has 2 N–H and O–H groups in total. The highest BCUT2D eigenvalue weighted by Gasteiger charge is 2.39. The van der Waals surface area contributed by atoms with Gasteiger partial charge in [0.1, 0.15) is 12.4 Å². The molecule has 0 radical (unpaired) electrons. The molecule has 0 aromatic heterocycles. The number of amides is 1. The fourth-order valence-corrected chi connectivity index (χ4v) is 4.80. The van der Waals surface area contributed by atoms with Crippen LogP contribution in [-0.4, -0.2) is 23.8 Å². The highest BCUT2D eigenvalue weighted by atomic mass is 19.1. The topological polar surface area (TPSA) is 75.6 Å². The van der Waals surface area contributed by atoms with Gasteiger partial charge in [0.25, 0.3) is 0 Å². The van der Waals surface area contributed by atoms with Gasteiger partial charge in [0.15, 0.2) is 0 Å². The second-order valence-electron chi connectivity index (χ2n) is 7.94. The summed E-state index contributed by atoms with van der Waals surface area (Å²) in [5.74, 6) is -2.42. The van der Waals surface area contributed by atoms with Gasteiger partial charge in [0.05, 0.1) is 12.0 Å². The quantitative estimate of drug-likeness (QED) is 0.647. The molecule has 0 unspecified atom stereocenters. The number of carboxylic acids is 1. The lowest BCUT2D eigenvalue weighted by Crippen LogP contribution is -2.35. The average Bonchev–Trinajstić information content (AvgIpc) is 3.28. The minimum absolute atomic E-state index is 0.0848. The van der Waals surface area contributed by atoms with E-state index in [-0.39, 0.29) is 18.9 Å². The molecule has 0 bridgehead atoms. The number of hydrogen-bond donors (Lipinski definition) is 2. The number of fused-ring (bicyclic) bond motifs is 4. The molecule has 31 heavy (non-hydrogen) atoms. The number of ether oxygens (including phenoxy) is 1. The predicted octanol–water partition coefficient (Wildman–Crippen LogP) is 4.66. The van der Waals surface area contributed by atoms with Crippen molar-refractivity contribution in [1.82, 2.24) is 5.32 Å². The molecule has 1 amide bonds. The number of benzene rings is 3. The van der Waals surface area contributed by atoms with Crippen molar-refractivity contribution in [3.8, 4) is 11.1 Å². The predicted molar refractivity (Wildman–Crippen MR) is 112 cm³/mol. The van der Waals surface area contributed by atoms with E-state index in [4.69, 9.17) is 4.74 Å². The number of alkyl carbamates (subject to hydrolysis) is 1. The summed E-state index contributed by atoms with van der Waals surface area (Å²) in [4.78, 5) is 24.3. The largest absolute Gasteiger partial charge is 0.481 e. The van der Waals surface area contributed by atoms with Crippen LogP contribution in [0.1, 0.15) is 34.2 Å². The van der Waals surface area contributed by atoms with E-state index in [0.717, 1.165) is 22.3 Å². The number of carbonyl (C=O) groups is 2. The Morgan fingerprint density at radius 2 is 1.61 bits per heavy atom. The Morgan fingerprint density at radius 3 is 2.26 bits per heavy atom. The second kappa shape index (κ2) is 7.54. The number of nitrogens with one attached hydrogen (secondary N) is 1. The van der Waals surface area contributed by atoms with E-state index in [0.29, 0.717) is 11.1 Å². The third-order valence-electron chi connectivity index (χ3n) is 6.22. The fourth-order valence-electron chi connectivity index (χ4n) is 4.80. The molecule has 0 spiro atoms. The lowest BCUT2D eigenvalue weighted by molar-refractivity contribution is -0.142. The Bertz CT molecular complexity index is 1150. The van der Waals surface area contributed by atoms with E-state index in [1.807, 2.05) is 36.4 Å². The molecule has 2 aliphatic rings.